The maximum Gasteiger partial charge on any atom is 0.143 e. The van der Waals surface area contributed by atoms with E-state index >= 15 is 0 Å². The number of para-hydroxylation sites is 2. The van der Waals surface area contributed by atoms with Crippen LogP contribution < -0.4 is 4.74 Å². The molecule has 0 saturated heterocycles. The molecule has 0 unspecified atom stereocenters. The molecule has 0 fully saturated rings. The summed E-state index contributed by atoms with van der Waals surface area (Å²) < 4.78 is 20.7. The highest BCUT2D eigenvalue weighted by Gasteiger charge is 2.19. The van der Waals surface area contributed by atoms with Gasteiger partial charge >= 0.3 is 0 Å². The molecule has 0 aliphatic carbocycles. The van der Waals surface area contributed by atoms with Crippen LogP contribution in [0.2, 0.25) is 0 Å². The van der Waals surface area contributed by atoms with Gasteiger partial charge in [0, 0.05) is 6.54 Å². The first kappa shape index (κ1) is 18.2. The Bertz CT molecular complexity index is 1050. The Morgan fingerprint density at radius 3 is 2.43 bits per heavy atom. The van der Waals surface area contributed by atoms with Crippen molar-refractivity contribution in [1.29, 1.82) is 0 Å². The summed E-state index contributed by atoms with van der Waals surface area (Å²) in [6.45, 7) is 1.14. The molecule has 1 atom stereocenters. The molecule has 0 amide bonds. The number of ether oxygens (including phenoxy) is 1. The molecule has 0 aliphatic rings. The molecular formula is C23H21FN2O2. The summed E-state index contributed by atoms with van der Waals surface area (Å²) in [5.41, 5.74) is 2.64. The van der Waals surface area contributed by atoms with Gasteiger partial charge in [-0.25, -0.2) is 9.37 Å². The fourth-order valence-electron chi connectivity index (χ4n) is 3.27. The number of aliphatic hydroxyl groups is 1. The van der Waals surface area contributed by atoms with Gasteiger partial charge in [0.15, 0.2) is 0 Å². The maximum atomic E-state index is 13.0. The second kappa shape index (κ2) is 8.23. The van der Waals surface area contributed by atoms with Crippen molar-refractivity contribution < 1.29 is 14.2 Å². The molecule has 4 nitrogen and oxygen atoms in total. The van der Waals surface area contributed by atoms with E-state index in [-0.39, 0.29) is 5.82 Å². The highest BCUT2D eigenvalue weighted by molar-refractivity contribution is 5.76. The molecule has 0 aliphatic heterocycles. The number of aromatic nitrogens is 2. The van der Waals surface area contributed by atoms with Gasteiger partial charge in [-0.05, 0) is 48.4 Å². The number of halogens is 1. The Morgan fingerprint density at radius 2 is 1.64 bits per heavy atom. The van der Waals surface area contributed by atoms with Crippen LogP contribution in [0.25, 0.3) is 11.0 Å². The zero-order chi connectivity index (χ0) is 19.3. The highest BCUT2D eigenvalue weighted by Crippen LogP contribution is 2.26. The zero-order valence-corrected chi connectivity index (χ0v) is 15.3. The van der Waals surface area contributed by atoms with E-state index in [0.717, 1.165) is 23.0 Å². The third kappa shape index (κ3) is 3.89. The predicted octanol–water partition coefficient (Wildman–Crippen LogP) is 4.73. The van der Waals surface area contributed by atoms with Gasteiger partial charge in [0.05, 0.1) is 17.6 Å². The van der Waals surface area contributed by atoms with E-state index in [1.807, 2.05) is 59.2 Å². The van der Waals surface area contributed by atoms with Crippen molar-refractivity contribution in [3.63, 3.8) is 0 Å². The number of hydrogen-bond acceptors (Lipinski definition) is 3. The standard InChI is InChI=1S/C23H21FN2O2/c24-18-11-13-19(14-12-18)28-16-6-15-26-21-10-5-4-9-20(21)25-23(26)22(27)17-7-2-1-3-8-17/h1-5,7-14,22,27H,6,15-16H2/t22-/m1/s1. The topological polar surface area (TPSA) is 47.3 Å². The third-order valence-corrected chi connectivity index (χ3v) is 4.65. The van der Waals surface area contributed by atoms with Crippen molar-refractivity contribution in [2.45, 2.75) is 19.1 Å². The second-order valence-electron chi connectivity index (χ2n) is 6.58. The van der Waals surface area contributed by atoms with E-state index in [1.165, 1.54) is 12.1 Å². The lowest BCUT2D eigenvalue weighted by Crippen LogP contribution is -2.12. The minimum absolute atomic E-state index is 0.281. The Kier molecular flexibility index (Phi) is 5.35. The normalized spacial score (nSPS) is 12.2. The summed E-state index contributed by atoms with van der Waals surface area (Å²) >= 11 is 0. The molecule has 1 aromatic heterocycles. The fourth-order valence-corrected chi connectivity index (χ4v) is 3.27. The van der Waals surface area contributed by atoms with Gasteiger partial charge < -0.3 is 14.4 Å². The average molecular weight is 376 g/mol. The van der Waals surface area contributed by atoms with Crippen molar-refractivity contribution in [3.8, 4) is 5.75 Å². The SMILES string of the molecule is O[C@H](c1ccccc1)c1nc2ccccc2n1CCCOc1ccc(F)cc1. The first-order valence-electron chi connectivity index (χ1n) is 9.29. The molecule has 1 heterocycles. The Labute approximate surface area is 162 Å². The molecule has 28 heavy (non-hydrogen) atoms. The number of fused-ring (bicyclic) bond motifs is 1. The predicted molar refractivity (Wildman–Crippen MR) is 107 cm³/mol. The van der Waals surface area contributed by atoms with E-state index in [2.05, 4.69) is 4.98 Å². The van der Waals surface area contributed by atoms with Crippen LogP contribution in [0.3, 0.4) is 0 Å². The Balaban J connectivity index is 1.52. The third-order valence-electron chi connectivity index (χ3n) is 4.65. The minimum atomic E-state index is -0.799. The van der Waals surface area contributed by atoms with E-state index in [0.29, 0.717) is 24.7 Å². The molecule has 4 aromatic rings. The van der Waals surface area contributed by atoms with Crippen LogP contribution in [0.15, 0.2) is 78.9 Å². The van der Waals surface area contributed by atoms with Gasteiger partial charge in [-0.2, -0.15) is 0 Å². The molecule has 1 N–H and O–H groups in total. The van der Waals surface area contributed by atoms with E-state index in [1.54, 1.807) is 12.1 Å². The number of aryl methyl sites for hydroxylation is 1. The Hall–Kier alpha value is -3.18. The summed E-state index contributed by atoms with van der Waals surface area (Å²) in [4.78, 5) is 4.67. The van der Waals surface area contributed by atoms with Gasteiger partial charge in [-0.3, -0.25) is 0 Å². The van der Waals surface area contributed by atoms with E-state index in [4.69, 9.17) is 4.74 Å². The molecular weight excluding hydrogens is 355 g/mol. The lowest BCUT2D eigenvalue weighted by Gasteiger charge is -2.15. The lowest BCUT2D eigenvalue weighted by atomic mass is 10.1. The van der Waals surface area contributed by atoms with E-state index in [9.17, 15) is 9.50 Å². The van der Waals surface area contributed by atoms with Gasteiger partial charge in [-0.15, -0.1) is 0 Å². The summed E-state index contributed by atoms with van der Waals surface area (Å²) in [7, 11) is 0. The molecule has 0 saturated carbocycles. The number of imidazole rings is 1. The lowest BCUT2D eigenvalue weighted by molar-refractivity contribution is 0.203. The summed E-state index contributed by atoms with van der Waals surface area (Å²) in [6.07, 6.45) is -0.0710. The van der Waals surface area contributed by atoms with Gasteiger partial charge in [0.25, 0.3) is 0 Å². The molecule has 142 valence electrons. The maximum absolute atomic E-state index is 13.0. The van der Waals surface area contributed by atoms with Crippen molar-refractivity contribution in [1.82, 2.24) is 9.55 Å². The fraction of sp³-hybridized carbons (Fsp3) is 0.174. The second-order valence-corrected chi connectivity index (χ2v) is 6.58. The molecule has 0 radical (unpaired) electrons. The van der Waals surface area contributed by atoms with Crippen LogP contribution in [-0.4, -0.2) is 21.3 Å². The van der Waals surface area contributed by atoms with Crippen molar-refractivity contribution in [2.75, 3.05) is 6.61 Å². The minimum Gasteiger partial charge on any atom is -0.494 e. The van der Waals surface area contributed by atoms with Crippen LogP contribution in [0.1, 0.15) is 23.9 Å². The first-order chi connectivity index (χ1) is 13.7. The average Bonchev–Trinajstić information content (AvgIpc) is 3.11. The van der Waals surface area contributed by atoms with Crippen LogP contribution in [0.5, 0.6) is 5.75 Å². The molecule has 5 heteroatoms. The highest BCUT2D eigenvalue weighted by atomic mass is 19.1. The van der Waals surface area contributed by atoms with Crippen LogP contribution in [-0.2, 0) is 6.54 Å². The molecule has 0 bridgehead atoms. The van der Waals surface area contributed by atoms with Crippen LogP contribution >= 0.6 is 0 Å². The first-order valence-corrected chi connectivity index (χ1v) is 9.29. The number of rotatable bonds is 7. The molecule has 0 spiro atoms. The molecule has 4 rings (SSSR count). The van der Waals surface area contributed by atoms with Crippen molar-refractivity contribution >= 4 is 11.0 Å². The summed E-state index contributed by atoms with van der Waals surface area (Å²) in [5, 5.41) is 10.9. The van der Waals surface area contributed by atoms with E-state index < -0.39 is 6.10 Å². The van der Waals surface area contributed by atoms with Gasteiger partial charge in [0.1, 0.15) is 23.5 Å². The Morgan fingerprint density at radius 1 is 0.929 bits per heavy atom. The monoisotopic (exact) mass is 376 g/mol. The van der Waals surface area contributed by atoms with Gasteiger partial charge in [-0.1, -0.05) is 42.5 Å². The number of hydrogen-bond donors (Lipinski definition) is 1. The summed E-state index contributed by atoms with van der Waals surface area (Å²) in [5.74, 6) is 0.979. The number of aliphatic hydroxyl groups excluding tert-OH is 1. The number of nitrogens with zero attached hydrogens (tertiary/aromatic N) is 2. The molecule has 3 aromatic carbocycles. The summed E-state index contributed by atoms with van der Waals surface area (Å²) in [6, 6.07) is 23.4. The van der Waals surface area contributed by atoms with Gasteiger partial charge in [0.2, 0.25) is 0 Å². The van der Waals surface area contributed by atoms with Crippen LogP contribution in [0.4, 0.5) is 4.39 Å². The van der Waals surface area contributed by atoms with Crippen molar-refractivity contribution in [2.24, 2.45) is 0 Å². The quantitative estimate of drug-likeness (QED) is 0.475. The number of benzene rings is 3. The van der Waals surface area contributed by atoms with Crippen LogP contribution in [0, 0.1) is 5.82 Å². The smallest absolute Gasteiger partial charge is 0.143 e. The zero-order valence-electron chi connectivity index (χ0n) is 15.3. The van der Waals surface area contributed by atoms with Crippen molar-refractivity contribution in [3.05, 3.63) is 96.1 Å². The largest absolute Gasteiger partial charge is 0.494 e.